The van der Waals surface area contributed by atoms with E-state index < -0.39 is 0 Å². The normalized spacial score (nSPS) is 40.3. The van der Waals surface area contributed by atoms with Crippen LogP contribution in [0, 0.1) is 23.7 Å². The fourth-order valence-electron chi connectivity index (χ4n) is 3.62. The highest BCUT2D eigenvalue weighted by Gasteiger charge is 2.35. The van der Waals surface area contributed by atoms with E-state index in [0.717, 1.165) is 32.5 Å². The van der Waals surface area contributed by atoms with Crippen molar-refractivity contribution in [3.63, 3.8) is 0 Å². The predicted octanol–water partition coefficient (Wildman–Crippen LogP) is 1.06. The first-order chi connectivity index (χ1) is 8.97. The topological polar surface area (TPSA) is 58.4 Å². The van der Waals surface area contributed by atoms with Gasteiger partial charge in [-0.05, 0) is 50.6 Å². The zero-order valence-corrected chi connectivity index (χ0v) is 12.6. The van der Waals surface area contributed by atoms with Crippen LogP contribution in [0.2, 0.25) is 0 Å². The first-order valence-electron chi connectivity index (χ1n) is 7.69. The maximum Gasteiger partial charge on any atom is 0.223 e. The van der Waals surface area contributed by atoms with Crippen LogP contribution in [0.1, 0.15) is 33.1 Å². The van der Waals surface area contributed by atoms with Gasteiger partial charge in [0, 0.05) is 25.0 Å². The Labute approximate surface area is 117 Å². The molecule has 4 heteroatoms. The summed E-state index contributed by atoms with van der Waals surface area (Å²) in [7, 11) is 2.14. The Bertz CT molecular complexity index is 321. The highest BCUT2D eigenvalue weighted by Crippen LogP contribution is 2.33. The summed E-state index contributed by atoms with van der Waals surface area (Å²) in [5.74, 6) is 1.97. The van der Waals surface area contributed by atoms with Gasteiger partial charge in [0.25, 0.3) is 0 Å². The van der Waals surface area contributed by atoms with E-state index >= 15 is 0 Å². The predicted molar refractivity (Wildman–Crippen MR) is 77.6 cm³/mol. The van der Waals surface area contributed by atoms with Crippen LogP contribution in [0.25, 0.3) is 0 Å². The summed E-state index contributed by atoms with van der Waals surface area (Å²) in [6.07, 6.45) is 3.12. The third-order valence-corrected chi connectivity index (χ3v) is 5.08. The quantitative estimate of drug-likeness (QED) is 0.804. The van der Waals surface area contributed by atoms with Crippen molar-refractivity contribution in [3.05, 3.63) is 0 Å². The fraction of sp³-hybridized carbons (Fsp3) is 0.933. The van der Waals surface area contributed by atoms with Crippen LogP contribution in [-0.4, -0.2) is 43.5 Å². The number of hydrogen-bond donors (Lipinski definition) is 2. The van der Waals surface area contributed by atoms with Crippen molar-refractivity contribution >= 4 is 5.91 Å². The van der Waals surface area contributed by atoms with Gasteiger partial charge in [-0.1, -0.05) is 13.8 Å². The average molecular weight is 267 g/mol. The minimum Gasteiger partial charge on any atom is -0.356 e. The van der Waals surface area contributed by atoms with E-state index in [-0.39, 0.29) is 17.9 Å². The molecule has 0 aromatic heterocycles. The number of hydrogen-bond acceptors (Lipinski definition) is 3. The maximum atomic E-state index is 12.3. The lowest BCUT2D eigenvalue weighted by Gasteiger charge is -2.36. The van der Waals surface area contributed by atoms with Crippen molar-refractivity contribution in [2.75, 3.05) is 26.7 Å². The van der Waals surface area contributed by atoms with E-state index in [1.807, 2.05) is 0 Å². The summed E-state index contributed by atoms with van der Waals surface area (Å²) < 4.78 is 0. The van der Waals surface area contributed by atoms with E-state index in [4.69, 9.17) is 5.73 Å². The summed E-state index contributed by atoms with van der Waals surface area (Å²) in [5, 5.41) is 3.16. The van der Waals surface area contributed by atoms with Crippen molar-refractivity contribution < 1.29 is 4.79 Å². The molecule has 1 amide bonds. The van der Waals surface area contributed by atoms with Gasteiger partial charge in [0.05, 0.1) is 0 Å². The van der Waals surface area contributed by atoms with E-state index in [2.05, 4.69) is 31.1 Å². The van der Waals surface area contributed by atoms with Gasteiger partial charge in [0.2, 0.25) is 5.91 Å². The maximum absolute atomic E-state index is 12.3. The number of nitrogens with one attached hydrogen (secondary N) is 1. The standard InChI is InChI=1S/C15H29N3O/c1-10-6-11(2)14(16)7-13(10)15(19)17-8-12-4-5-18(3)9-12/h10-14H,4-9,16H2,1-3H3,(H,17,19). The first-order valence-corrected chi connectivity index (χ1v) is 7.69. The minimum absolute atomic E-state index is 0.116. The lowest BCUT2D eigenvalue weighted by atomic mass is 9.72. The SMILES string of the molecule is CC1CC(C)C(C(=O)NCC2CCN(C)C2)CC1N. The molecule has 5 unspecified atom stereocenters. The van der Waals surface area contributed by atoms with Crippen LogP contribution in [0.5, 0.6) is 0 Å². The molecule has 0 aromatic carbocycles. The lowest BCUT2D eigenvalue weighted by Crippen LogP contribution is -2.46. The van der Waals surface area contributed by atoms with Gasteiger partial charge in [-0.15, -0.1) is 0 Å². The van der Waals surface area contributed by atoms with E-state index in [9.17, 15) is 4.79 Å². The summed E-state index contributed by atoms with van der Waals surface area (Å²) >= 11 is 0. The molecule has 1 saturated carbocycles. The molecule has 2 aliphatic rings. The van der Waals surface area contributed by atoms with Gasteiger partial charge < -0.3 is 16.0 Å². The lowest BCUT2D eigenvalue weighted by molar-refractivity contribution is -0.128. The zero-order chi connectivity index (χ0) is 14.0. The molecule has 0 aromatic rings. The number of likely N-dealkylation sites (tertiary alicyclic amines) is 1. The average Bonchev–Trinajstić information content (AvgIpc) is 2.77. The van der Waals surface area contributed by atoms with Crippen LogP contribution in [0.15, 0.2) is 0 Å². The molecular weight excluding hydrogens is 238 g/mol. The highest BCUT2D eigenvalue weighted by molar-refractivity contribution is 5.79. The van der Waals surface area contributed by atoms with Crippen molar-refractivity contribution in [2.45, 2.75) is 39.2 Å². The van der Waals surface area contributed by atoms with Crippen molar-refractivity contribution in [1.29, 1.82) is 0 Å². The van der Waals surface area contributed by atoms with E-state index in [1.54, 1.807) is 0 Å². The molecule has 2 rings (SSSR count). The molecule has 1 heterocycles. The molecule has 0 bridgehead atoms. The number of nitrogens with two attached hydrogens (primary N) is 1. The molecular formula is C15H29N3O. The monoisotopic (exact) mass is 267 g/mol. The van der Waals surface area contributed by atoms with Crippen molar-refractivity contribution in [1.82, 2.24) is 10.2 Å². The van der Waals surface area contributed by atoms with Gasteiger partial charge in [-0.2, -0.15) is 0 Å². The minimum atomic E-state index is 0.116. The highest BCUT2D eigenvalue weighted by atomic mass is 16.1. The van der Waals surface area contributed by atoms with Gasteiger partial charge >= 0.3 is 0 Å². The summed E-state index contributed by atoms with van der Waals surface area (Å²) in [6, 6.07) is 0.185. The molecule has 5 atom stereocenters. The number of nitrogens with zero attached hydrogens (tertiary/aromatic N) is 1. The fourth-order valence-corrected chi connectivity index (χ4v) is 3.62. The second-order valence-corrected chi connectivity index (χ2v) is 6.86. The Morgan fingerprint density at radius 3 is 2.68 bits per heavy atom. The van der Waals surface area contributed by atoms with Gasteiger partial charge in [-0.25, -0.2) is 0 Å². The Hall–Kier alpha value is -0.610. The van der Waals surface area contributed by atoms with Crippen LogP contribution in [-0.2, 0) is 4.79 Å². The molecule has 1 saturated heterocycles. The summed E-state index contributed by atoms with van der Waals surface area (Å²) in [5.41, 5.74) is 6.12. The van der Waals surface area contributed by atoms with Gasteiger partial charge in [0.1, 0.15) is 0 Å². The first kappa shape index (κ1) is 14.8. The molecule has 110 valence electrons. The molecule has 1 aliphatic carbocycles. The van der Waals surface area contributed by atoms with E-state index in [1.165, 1.54) is 6.42 Å². The number of carbonyl (C=O) groups excluding carboxylic acids is 1. The van der Waals surface area contributed by atoms with Crippen molar-refractivity contribution in [2.24, 2.45) is 29.4 Å². The second-order valence-electron chi connectivity index (χ2n) is 6.86. The third-order valence-electron chi connectivity index (χ3n) is 5.08. The van der Waals surface area contributed by atoms with Crippen LogP contribution in [0.3, 0.4) is 0 Å². The molecule has 19 heavy (non-hydrogen) atoms. The number of rotatable bonds is 3. The Morgan fingerprint density at radius 1 is 1.32 bits per heavy atom. The Morgan fingerprint density at radius 2 is 2.05 bits per heavy atom. The van der Waals surface area contributed by atoms with Gasteiger partial charge in [-0.3, -0.25) is 4.79 Å². The molecule has 1 aliphatic heterocycles. The Kier molecular flexibility index (Phi) is 4.85. The zero-order valence-electron chi connectivity index (χ0n) is 12.6. The molecule has 2 fully saturated rings. The molecule has 0 radical (unpaired) electrons. The van der Waals surface area contributed by atoms with Gasteiger partial charge in [0.15, 0.2) is 0 Å². The molecule has 3 N–H and O–H groups in total. The largest absolute Gasteiger partial charge is 0.356 e. The third kappa shape index (κ3) is 3.69. The molecule has 0 spiro atoms. The second kappa shape index (κ2) is 6.23. The van der Waals surface area contributed by atoms with Crippen LogP contribution in [0.4, 0.5) is 0 Å². The van der Waals surface area contributed by atoms with Crippen LogP contribution < -0.4 is 11.1 Å². The summed E-state index contributed by atoms with van der Waals surface area (Å²) in [6.45, 7) is 7.48. The number of carbonyl (C=O) groups is 1. The summed E-state index contributed by atoms with van der Waals surface area (Å²) in [4.78, 5) is 14.6. The van der Waals surface area contributed by atoms with Crippen molar-refractivity contribution in [3.8, 4) is 0 Å². The smallest absolute Gasteiger partial charge is 0.223 e. The molecule has 4 nitrogen and oxygen atoms in total. The van der Waals surface area contributed by atoms with E-state index in [0.29, 0.717) is 17.8 Å². The number of amides is 1. The Balaban J connectivity index is 1.79. The van der Waals surface area contributed by atoms with Crippen LogP contribution >= 0.6 is 0 Å².